The molecule has 0 saturated heterocycles. The molecule has 0 saturated carbocycles. The minimum absolute atomic E-state index is 0.0639. The first-order valence-corrected chi connectivity index (χ1v) is 33.1. The van der Waals surface area contributed by atoms with Gasteiger partial charge in [0.05, 0.1) is 37.8 Å². The zero-order valence-corrected chi connectivity index (χ0v) is 49.4. The fourth-order valence-electron chi connectivity index (χ4n) is 8.07. The summed E-state index contributed by atoms with van der Waals surface area (Å²) in [4.78, 5) is 24.8. The SMILES string of the molecule is Nc1c(N=Nc2ccc3c(O)c(N=Nc4cc(S(=O)(=O)O)c(N=Nc5c(C(=O)O)nn(-c6ccc(S(=O)(=O)O)cc6C(=O)O)c5O)cc4S(=O)(=O)O)c(S(=O)(=O)O)cc3c2)cc(S(=O)(=O)O)c2cc(S(=O)(=O)O)c(N=Nc3ccc([N+](=O)[O-])cc3S(=O)(=O)O)c(O)c12. The first-order chi connectivity index (χ1) is 42.2. The molecule has 0 radical (unpaired) electrons. The van der Waals surface area contributed by atoms with Crippen LogP contribution in [0.4, 0.5) is 56.9 Å². The van der Waals surface area contributed by atoms with Crippen LogP contribution in [0.15, 0.2) is 160 Å². The fourth-order valence-corrected chi connectivity index (χ4v) is 12.5. The number of nitro groups is 1. The van der Waals surface area contributed by atoms with Gasteiger partial charge in [-0.15, -0.1) is 35.8 Å². The molecule has 42 nitrogen and oxygen atoms in total. The standard InChI is InChI=1S/C43H28N12O30S7/c44-34-25(14-27(87(68,69)70)21-11-32(92(83,84)85)36(40(57)33(21)34)51-46-22-5-2-17(55(63)64)9-28(22)88(71,72)73)49-45-16-1-4-19-15(7-16)8-31(91(80,81)82)35(39(19)56)50-47-23-12-30(90(77,78)79)24(13-29(23)89(74,75)76)48-52-37-38(43(61)62)53-54(41(37)58)26-6-3-18(86(65,66)67)10-20(26)42(59)60/h1-14,56-58H,44H2,(H,59,60)(H,61,62)(H,65,66,67)(H,68,69,70)(H,71,72,73)(H,74,75,76)(H,77,78,79)(H,80,81,82)(H,83,84,85). The molecule has 0 fully saturated rings. The number of nitrogens with two attached hydrogens (primary N) is 1. The number of benzene rings is 7. The molecule has 0 unspecified atom stereocenters. The van der Waals surface area contributed by atoms with Gasteiger partial charge in [-0.2, -0.15) is 73.8 Å². The quantitative estimate of drug-likeness (QED) is 0.0134. The molecular formula is C43H28N12O30S7. The summed E-state index contributed by atoms with van der Waals surface area (Å²) in [6, 6.07) is 7.21. The molecule has 0 aliphatic rings. The Morgan fingerprint density at radius 2 is 0.946 bits per heavy atom. The van der Waals surface area contributed by atoms with E-state index in [4.69, 9.17) is 5.73 Å². The van der Waals surface area contributed by atoms with Crippen molar-refractivity contribution in [2.45, 2.75) is 34.3 Å². The Labute approximate surface area is 509 Å². The van der Waals surface area contributed by atoms with E-state index in [1.165, 1.54) is 0 Å². The molecule has 92 heavy (non-hydrogen) atoms. The first-order valence-electron chi connectivity index (χ1n) is 23.0. The highest BCUT2D eigenvalue weighted by Gasteiger charge is 2.33. The third kappa shape index (κ3) is 13.5. The molecule has 0 amide bonds. The number of rotatable bonds is 19. The number of phenols is 2. The molecule has 1 aromatic heterocycles. The zero-order chi connectivity index (χ0) is 68.7. The van der Waals surface area contributed by atoms with Crippen LogP contribution in [-0.4, -0.2) is 143 Å². The van der Waals surface area contributed by atoms with Gasteiger partial charge in [0.15, 0.2) is 17.2 Å². The maximum atomic E-state index is 12.8. The van der Waals surface area contributed by atoms with Crippen molar-refractivity contribution in [3.05, 3.63) is 106 Å². The summed E-state index contributed by atoms with van der Waals surface area (Å²) in [5, 5.41) is 93.2. The Kier molecular flexibility index (Phi) is 17.2. The van der Waals surface area contributed by atoms with Crippen molar-refractivity contribution in [2.24, 2.45) is 40.9 Å². The van der Waals surface area contributed by atoms with Gasteiger partial charge >= 0.3 is 11.9 Å². The number of carboxylic acids is 2. The topological polar surface area (TPSA) is 702 Å². The zero-order valence-electron chi connectivity index (χ0n) is 43.7. The number of nitrogens with zero attached hydrogens (tertiary/aromatic N) is 11. The van der Waals surface area contributed by atoms with Gasteiger partial charge in [-0.1, -0.05) is 0 Å². The number of phenolic OH excluding ortho intramolecular Hbond substituents is 2. The van der Waals surface area contributed by atoms with Crippen LogP contribution in [0.2, 0.25) is 0 Å². The molecule has 0 aliphatic heterocycles. The normalized spacial score (nSPS) is 13.2. The van der Waals surface area contributed by atoms with Gasteiger partial charge < -0.3 is 31.3 Å². The van der Waals surface area contributed by atoms with Crippen molar-refractivity contribution in [1.82, 2.24) is 9.78 Å². The van der Waals surface area contributed by atoms with E-state index in [9.17, 15) is 136 Å². The molecule has 8 aromatic rings. The predicted molar refractivity (Wildman–Crippen MR) is 300 cm³/mol. The van der Waals surface area contributed by atoms with E-state index in [0.29, 0.717) is 48.5 Å². The number of nitrogen functional groups attached to an aromatic ring is 1. The van der Waals surface area contributed by atoms with E-state index in [2.05, 4.69) is 46.0 Å². The smallest absolute Gasteiger partial charge is 0.358 e. The molecule has 482 valence electrons. The highest BCUT2D eigenvalue weighted by Crippen LogP contribution is 2.50. The van der Waals surface area contributed by atoms with Crippen molar-refractivity contribution in [3.8, 4) is 23.1 Å². The molecule has 49 heteroatoms. The van der Waals surface area contributed by atoms with E-state index in [1.807, 2.05) is 0 Å². The van der Waals surface area contributed by atoms with Crippen molar-refractivity contribution in [1.29, 1.82) is 0 Å². The number of azo groups is 4. The summed E-state index contributed by atoms with van der Waals surface area (Å²) in [7, 11) is -38.8. The van der Waals surface area contributed by atoms with Crippen LogP contribution in [0.1, 0.15) is 20.8 Å². The van der Waals surface area contributed by atoms with Gasteiger partial charge in [0.25, 0.3) is 76.5 Å². The summed E-state index contributed by atoms with van der Waals surface area (Å²) in [6.07, 6.45) is 0. The van der Waals surface area contributed by atoms with Gasteiger partial charge in [-0.25, -0.2) is 9.59 Å². The third-order valence-electron chi connectivity index (χ3n) is 12.0. The Morgan fingerprint density at radius 1 is 0.467 bits per heavy atom. The molecule has 0 bridgehead atoms. The molecule has 1 heterocycles. The van der Waals surface area contributed by atoms with Crippen LogP contribution in [0.3, 0.4) is 0 Å². The number of carboxylic acid groups (broad SMARTS) is 2. The lowest BCUT2D eigenvalue weighted by molar-refractivity contribution is -0.385. The van der Waals surface area contributed by atoms with E-state index >= 15 is 0 Å². The third-order valence-corrected chi connectivity index (χ3v) is 18.2. The van der Waals surface area contributed by atoms with Crippen molar-refractivity contribution in [2.75, 3.05) is 5.73 Å². The second kappa shape index (κ2) is 23.4. The van der Waals surface area contributed by atoms with E-state index in [1.54, 1.807) is 0 Å². The molecule has 0 atom stereocenters. The summed E-state index contributed by atoms with van der Waals surface area (Å²) >= 11 is 0. The Morgan fingerprint density at radius 3 is 1.45 bits per heavy atom. The number of anilines is 1. The average molecular weight is 1420 g/mol. The van der Waals surface area contributed by atoms with Crippen LogP contribution < -0.4 is 5.73 Å². The van der Waals surface area contributed by atoms with Gasteiger partial charge in [-0.3, -0.25) is 42.0 Å². The molecule has 0 aliphatic carbocycles. The van der Waals surface area contributed by atoms with Crippen LogP contribution in [0.25, 0.3) is 27.2 Å². The highest BCUT2D eigenvalue weighted by molar-refractivity contribution is 7.87. The Balaban J connectivity index is 1.22. The number of aromatic nitrogens is 2. The maximum Gasteiger partial charge on any atom is 0.358 e. The molecule has 0 spiro atoms. The summed E-state index contributed by atoms with van der Waals surface area (Å²) in [5.41, 5.74) is -7.65. The number of carbonyl (C=O) groups is 2. The largest absolute Gasteiger partial charge is 0.505 e. The fraction of sp³-hybridized carbons (Fsp3) is 0. The second-order valence-corrected chi connectivity index (χ2v) is 27.6. The lowest BCUT2D eigenvalue weighted by Crippen LogP contribution is -2.10. The molecule has 8 rings (SSSR count). The minimum atomic E-state index is -5.76. The lowest BCUT2D eigenvalue weighted by Gasteiger charge is -2.14. The minimum Gasteiger partial charge on any atom is -0.505 e. The van der Waals surface area contributed by atoms with Crippen molar-refractivity contribution < 1.29 is 131 Å². The molecule has 14 N–H and O–H groups in total. The van der Waals surface area contributed by atoms with Crippen molar-refractivity contribution in [3.63, 3.8) is 0 Å². The first kappa shape index (κ1) is 67.5. The van der Waals surface area contributed by atoms with Crippen molar-refractivity contribution >= 4 is 161 Å². The van der Waals surface area contributed by atoms with Crippen LogP contribution in [-0.2, 0) is 70.8 Å². The maximum absolute atomic E-state index is 12.8. The number of hydrogen-bond acceptors (Lipinski definition) is 31. The molecular weight excluding hydrogens is 1390 g/mol. The van der Waals surface area contributed by atoms with E-state index < -0.39 is 235 Å². The average Bonchev–Trinajstić information content (AvgIpc) is 0.871. The Hall–Kier alpha value is -10.4. The van der Waals surface area contributed by atoms with Crippen LogP contribution in [0.5, 0.6) is 17.4 Å². The van der Waals surface area contributed by atoms with Gasteiger partial charge in [-0.05, 0) is 78.2 Å². The predicted octanol–water partition coefficient (Wildman–Crippen LogP) is 6.57. The number of fused-ring (bicyclic) bond motifs is 2. The number of nitro benzene ring substituents is 1. The van der Waals surface area contributed by atoms with Gasteiger partial charge in [0, 0.05) is 22.9 Å². The monoisotopic (exact) mass is 1420 g/mol. The summed E-state index contributed by atoms with van der Waals surface area (Å²) in [5.74, 6) is -8.26. The second-order valence-electron chi connectivity index (χ2n) is 17.8. The van der Waals surface area contributed by atoms with Crippen LogP contribution in [0, 0.1) is 10.1 Å². The van der Waals surface area contributed by atoms with E-state index in [-0.39, 0.29) is 22.9 Å². The number of aromatic carboxylic acids is 2. The number of non-ortho nitro benzene ring substituents is 1. The number of aromatic hydroxyl groups is 3. The molecule has 7 aromatic carbocycles. The van der Waals surface area contributed by atoms with Crippen LogP contribution >= 0.6 is 0 Å². The van der Waals surface area contributed by atoms with Gasteiger partial charge in [0.2, 0.25) is 11.6 Å². The van der Waals surface area contributed by atoms with Gasteiger partial charge in [0.1, 0.15) is 63.5 Å². The highest BCUT2D eigenvalue weighted by atomic mass is 32.2. The Bertz CT molecular complexity index is 5640. The lowest BCUT2D eigenvalue weighted by atomic mass is 10.0. The van der Waals surface area contributed by atoms with E-state index in [0.717, 1.165) is 18.2 Å². The summed E-state index contributed by atoms with van der Waals surface area (Å²) in [6.45, 7) is 0. The summed E-state index contributed by atoms with van der Waals surface area (Å²) < 4.78 is 245. The number of hydrogen-bond donors (Lipinski definition) is 13.